The molecule has 2 rings (SSSR count). The lowest BCUT2D eigenvalue weighted by atomic mass is 10.2. The second kappa shape index (κ2) is 6.25. The zero-order valence-corrected chi connectivity index (χ0v) is 12.3. The number of aryl methyl sites for hydroxylation is 1. The summed E-state index contributed by atoms with van der Waals surface area (Å²) in [6.07, 6.45) is 4.90. The molecule has 1 aliphatic heterocycles. The SMILES string of the molecule is CN(C(=O)NCCCn1cccn1)[C@H]1CCS(=O)(=O)C1. The van der Waals surface area contributed by atoms with Crippen molar-refractivity contribution in [1.29, 1.82) is 0 Å². The molecule has 0 spiro atoms. The summed E-state index contributed by atoms with van der Waals surface area (Å²) >= 11 is 0. The Bertz CT molecular complexity index is 541. The fourth-order valence-corrected chi connectivity index (χ4v) is 4.01. The number of carbonyl (C=O) groups excluding carboxylic acids is 1. The summed E-state index contributed by atoms with van der Waals surface area (Å²) in [5.41, 5.74) is 0. The average molecular weight is 300 g/mol. The van der Waals surface area contributed by atoms with E-state index in [1.807, 2.05) is 12.3 Å². The lowest BCUT2D eigenvalue weighted by molar-refractivity contribution is 0.195. The Morgan fingerprint density at radius 3 is 2.95 bits per heavy atom. The number of hydrogen-bond acceptors (Lipinski definition) is 4. The molecule has 0 radical (unpaired) electrons. The molecule has 0 saturated carbocycles. The zero-order chi connectivity index (χ0) is 14.6. The van der Waals surface area contributed by atoms with Gasteiger partial charge < -0.3 is 10.2 Å². The standard InChI is InChI=1S/C12H20N4O3S/c1-15(11-4-9-20(18,19)10-11)12(17)13-5-2-7-16-8-3-6-14-16/h3,6,8,11H,2,4-5,7,9-10H2,1H3,(H,13,17)/t11-/m0/s1. The lowest BCUT2D eigenvalue weighted by Gasteiger charge is -2.23. The van der Waals surface area contributed by atoms with E-state index in [1.54, 1.807) is 17.9 Å². The predicted molar refractivity (Wildman–Crippen MR) is 75.1 cm³/mol. The minimum Gasteiger partial charge on any atom is -0.338 e. The predicted octanol–water partition coefficient (Wildman–Crippen LogP) is 0.102. The van der Waals surface area contributed by atoms with Crippen LogP contribution in [0.2, 0.25) is 0 Å². The van der Waals surface area contributed by atoms with Gasteiger partial charge in [-0.2, -0.15) is 5.10 Å². The Morgan fingerprint density at radius 1 is 1.55 bits per heavy atom. The maximum atomic E-state index is 11.9. The van der Waals surface area contributed by atoms with E-state index in [1.165, 1.54) is 4.90 Å². The van der Waals surface area contributed by atoms with Crippen LogP contribution in [0.4, 0.5) is 4.79 Å². The van der Waals surface area contributed by atoms with Gasteiger partial charge in [-0.3, -0.25) is 4.68 Å². The van der Waals surface area contributed by atoms with E-state index in [2.05, 4.69) is 10.4 Å². The van der Waals surface area contributed by atoms with E-state index in [4.69, 9.17) is 0 Å². The quantitative estimate of drug-likeness (QED) is 0.782. The highest BCUT2D eigenvalue weighted by Gasteiger charge is 2.32. The molecule has 1 saturated heterocycles. The van der Waals surface area contributed by atoms with Crippen LogP contribution in [-0.4, -0.2) is 60.3 Å². The first-order valence-electron chi connectivity index (χ1n) is 6.66. The molecule has 0 bridgehead atoms. The van der Waals surface area contributed by atoms with Crippen LogP contribution in [0.5, 0.6) is 0 Å². The van der Waals surface area contributed by atoms with Crippen LogP contribution in [0.25, 0.3) is 0 Å². The Labute approximate surface area is 118 Å². The summed E-state index contributed by atoms with van der Waals surface area (Å²) in [6, 6.07) is 1.44. The first-order chi connectivity index (χ1) is 9.48. The molecule has 1 fully saturated rings. The number of amides is 2. The number of nitrogens with zero attached hydrogens (tertiary/aromatic N) is 3. The van der Waals surface area contributed by atoms with Gasteiger partial charge >= 0.3 is 6.03 Å². The molecular weight excluding hydrogens is 280 g/mol. The summed E-state index contributed by atoms with van der Waals surface area (Å²) in [4.78, 5) is 13.4. The van der Waals surface area contributed by atoms with Crippen LogP contribution in [-0.2, 0) is 16.4 Å². The first kappa shape index (κ1) is 14.8. The molecule has 20 heavy (non-hydrogen) atoms. The summed E-state index contributed by atoms with van der Waals surface area (Å²) < 4.78 is 24.6. The highest BCUT2D eigenvalue weighted by Crippen LogP contribution is 2.16. The number of sulfone groups is 1. The molecule has 2 amide bonds. The van der Waals surface area contributed by atoms with Gasteiger partial charge in [0.1, 0.15) is 0 Å². The van der Waals surface area contributed by atoms with Gasteiger partial charge in [0.25, 0.3) is 0 Å². The molecule has 8 heteroatoms. The lowest BCUT2D eigenvalue weighted by Crippen LogP contribution is -2.44. The van der Waals surface area contributed by atoms with E-state index >= 15 is 0 Å². The summed E-state index contributed by atoms with van der Waals surface area (Å²) in [7, 11) is -1.31. The number of rotatable bonds is 5. The third-order valence-corrected chi connectivity index (χ3v) is 5.23. The Balaban J connectivity index is 1.69. The smallest absolute Gasteiger partial charge is 0.317 e. The Morgan fingerprint density at radius 2 is 2.35 bits per heavy atom. The average Bonchev–Trinajstić information content (AvgIpc) is 3.02. The van der Waals surface area contributed by atoms with Crippen LogP contribution in [0.1, 0.15) is 12.8 Å². The van der Waals surface area contributed by atoms with Crippen molar-refractivity contribution >= 4 is 15.9 Å². The molecule has 1 N–H and O–H groups in total. The minimum atomic E-state index is -2.96. The first-order valence-corrected chi connectivity index (χ1v) is 8.48. The van der Waals surface area contributed by atoms with Crippen LogP contribution in [0.3, 0.4) is 0 Å². The second-order valence-corrected chi connectivity index (χ2v) is 7.25. The highest BCUT2D eigenvalue weighted by atomic mass is 32.2. The summed E-state index contributed by atoms with van der Waals surface area (Å²) in [5, 5.41) is 6.87. The molecule has 1 aliphatic rings. The van der Waals surface area contributed by atoms with E-state index < -0.39 is 9.84 Å². The van der Waals surface area contributed by atoms with Gasteiger partial charge in [0.15, 0.2) is 9.84 Å². The molecule has 0 aromatic carbocycles. The molecule has 1 aromatic heterocycles. The third kappa shape index (κ3) is 3.96. The third-order valence-electron chi connectivity index (χ3n) is 3.48. The number of nitrogens with one attached hydrogen (secondary N) is 1. The molecular formula is C12H20N4O3S. The van der Waals surface area contributed by atoms with E-state index in [9.17, 15) is 13.2 Å². The van der Waals surface area contributed by atoms with Crippen molar-refractivity contribution in [2.24, 2.45) is 0 Å². The van der Waals surface area contributed by atoms with Crippen LogP contribution < -0.4 is 5.32 Å². The Hall–Kier alpha value is -1.57. The van der Waals surface area contributed by atoms with Gasteiger partial charge in [0.2, 0.25) is 0 Å². The molecule has 0 unspecified atom stereocenters. The maximum Gasteiger partial charge on any atom is 0.317 e. The van der Waals surface area contributed by atoms with Crippen molar-refractivity contribution in [3.8, 4) is 0 Å². The van der Waals surface area contributed by atoms with Crippen molar-refractivity contribution in [3.63, 3.8) is 0 Å². The molecule has 7 nitrogen and oxygen atoms in total. The van der Waals surface area contributed by atoms with Crippen LogP contribution >= 0.6 is 0 Å². The normalized spacial score (nSPS) is 20.8. The van der Waals surface area contributed by atoms with Gasteiger partial charge in [-0.25, -0.2) is 13.2 Å². The zero-order valence-electron chi connectivity index (χ0n) is 11.5. The topological polar surface area (TPSA) is 84.3 Å². The second-order valence-electron chi connectivity index (χ2n) is 5.02. The number of urea groups is 1. The van der Waals surface area contributed by atoms with Gasteiger partial charge in [-0.1, -0.05) is 0 Å². The molecule has 0 aliphatic carbocycles. The molecule has 1 aromatic rings. The van der Waals surface area contributed by atoms with Crippen molar-refractivity contribution in [3.05, 3.63) is 18.5 Å². The summed E-state index contributed by atoms with van der Waals surface area (Å²) in [6.45, 7) is 1.29. The number of carbonyl (C=O) groups is 1. The van der Waals surface area contributed by atoms with E-state index in [-0.39, 0.29) is 23.6 Å². The van der Waals surface area contributed by atoms with Crippen LogP contribution in [0.15, 0.2) is 18.5 Å². The maximum absolute atomic E-state index is 11.9. The van der Waals surface area contributed by atoms with Crippen LogP contribution in [0, 0.1) is 0 Å². The molecule has 2 heterocycles. The highest BCUT2D eigenvalue weighted by molar-refractivity contribution is 7.91. The van der Waals surface area contributed by atoms with Crippen molar-refractivity contribution in [2.45, 2.75) is 25.4 Å². The summed E-state index contributed by atoms with van der Waals surface area (Å²) in [5.74, 6) is 0.249. The number of hydrogen-bond donors (Lipinski definition) is 1. The van der Waals surface area contributed by atoms with Gasteiger partial charge in [0, 0.05) is 38.6 Å². The van der Waals surface area contributed by atoms with Crippen molar-refractivity contribution in [2.75, 3.05) is 25.1 Å². The monoisotopic (exact) mass is 300 g/mol. The van der Waals surface area contributed by atoms with E-state index in [0.717, 1.165) is 13.0 Å². The van der Waals surface area contributed by atoms with Crippen molar-refractivity contribution in [1.82, 2.24) is 20.0 Å². The minimum absolute atomic E-state index is 0.0736. The fraction of sp³-hybridized carbons (Fsp3) is 0.667. The molecule has 112 valence electrons. The van der Waals surface area contributed by atoms with Gasteiger partial charge in [-0.05, 0) is 18.9 Å². The number of aromatic nitrogens is 2. The van der Waals surface area contributed by atoms with Crippen molar-refractivity contribution < 1.29 is 13.2 Å². The van der Waals surface area contributed by atoms with E-state index in [0.29, 0.717) is 13.0 Å². The fourth-order valence-electron chi connectivity index (χ4n) is 2.24. The van der Waals surface area contributed by atoms with Gasteiger partial charge in [-0.15, -0.1) is 0 Å². The molecule has 1 atom stereocenters. The largest absolute Gasteiger partial charge is 0.338 e. The Kier molecular flexibility index (Phi) is 4.64. The van der Waals surface area contributed by atoms with Gasteiger partial charge in [0.05, 0.1) is 11.5 Å².